The Morgan fingerprint density at radius 1 is 0.839 bits per heavy atom. The predicted molar refractivity (Wildman–Crippen MR) is 98.2 cm³/mol. The van der Waals surface area contributed by atoms with Crippen molar-refractivity contribution in [1.29, 1.82) is 0 Å². The van der Waals surface area contributed by atoms with Crippen molar-refractivity contribution in [2.75, 3.05) is 5.32 Å². The SMILES string of the molecule is O=C(Nc1cc(S(=O)(=O)O)c2ccccc2c1)c1cc(C(F)(F)F)cc(C(F)(F)F)c1. The summed E-state index contributed by atoms with van der Waals surface area (Å²) in [6.07, 6.45) is -10.3. The molecule has 0 atom stereocenters. The molecule has 0 radical (unpaired) electrons. The Morgan fingerprint density at radius 2 is 1.39 bits per heavy atom. The molecule has 0 bridgehead atoms. The van der Waals surface area contributed by atoms with E-state index in [2.05, 4.69) is 5.32 Å². The number of hydrogen-bond acceptors (Lipinski definition) is 3. The number of fused-ring (bicyclic) bond motifs is 1. The summed E-state index contributed by atoms with van der Waals surface area (Å²) >= 11 is 0. The van der Waals surface area contributed by atoms with Gasteiger partial charge in [-0.1, -0.05) is 24.3 Å². The maximum Gasteiger partial charge on any atom is 0.416 e. The van der Waals surface area contributed by atoms with Crippen molar-refractivity contribution in [2.45, 2.75) is 17.2 Å². The number of halogens is 6. The number of rotatable bonds is 3. The fraction of sp³-hybridized carbons (Fsp3) is 0.105. The Morgan fingerprint density at radius 3 is 1.90 bits per heavy atom. The van der Waals surface area contributed by atoms with Gasteiger partial charge < -0.3 is 5.32 Å². The molecule has 1 amide bonds. The second-order valence-corrected chi connectivity index (χ2v) is 7.81. The third-order valence-electron chi connectivity index (χ3n) is 4.21. The van der Waals surface area contributed by atoms with Gasteiger partial charge in [0.1, 0.15) is 4.90 Å². The minimum absolute atomic E-state index is 0.0985. The lowest BCUT2D eigenvalue weighted by Crippen LogP contribution is -2.17. The molecule has 0 aliphatic heterocycles. The molecule has 2 N–H and O–H groups in total. The second kappa shape index (κ2) is 7.54. The fourth-order valence-electron chi connectivity index (χ4n) is 2.85. The molecule has 3 rings (SSSR count). The van der Waals surface area contributed by atoms with Crippen molar-refractivity contribution >= 4 is 32.5 Å². The first-order valence-electron chi connectivity index (χ1n) is 8.27. The molecular formula is C19H11F6NO4S. The predicted octanol–water partition coefficient (Wildman–Crippen LogP) is 5.38. The molecule has 0 saturated carbocycles. The monoisotopic (exact) mass is 463 g/mol. The summed E-state index contributed by atoms with van der Waals surface area (Å²) in [5.41, 5.74) is -4.56. The maximum absolute atomic E-state index is 13.0. The van der Waals surface area contributed by atoms with Gasteiger partial charge in [0.25, 0.3) is 16.0 Å². The Balaban J connectivity index is 2.09. The summed E-state index contributed by atoms with van der Waals surface area (Å²) in [5, 5.41) is 2.41. The molecule has 0 aromatic heterocycles. The van der Waals surface area contributed by atoms with Crippen LogP contribution in [0.25, 0.3) is 10.8 Å². The molecule has 0 fully saturated rings. The normalized spacial score (nSPS) is 12.7. The van der Waals surface area contributed by atoms with Crippen molar-refractivity contribution in [3.8, 4) is 0 Å². The number of carbonyl (C=O) groups is 1. The molecule has 5 nitrogen and oxygen atoms in total. The minimum Gasteiger partial charge on any atom is -0.322 e. The number of carbonyl (C=O) groups excluding carboxylic acids is 1. The summed E-state index contributed by atoms with van der Waals surface area (Å²) in [6.45, 7) is 0. The van der Waals surface area contributed by atoms with Crippen LogP contribution in [0.1, 0.15) is 21.5 Å². The first-order valence-corrected chi connectivity index (χ1v) is 9.71. The van der Waals surface area contributed by atoms with E-state index in [1.54, 1.807) is 0 Å². The summed E-state index contributed by atoms with van der Waals surface area (Å²) < 4.78 is 111. The molecular weight excluding hydrogens is 452 g/mol. The number of hydrogen-bond donors (Lipinski definition) is 2. The average molecular weight is 463 g/mol. The van der Waals surface area contributed by atoms with E-state index in [9.17, 15) is 44.1 Å². The van der Waals surface area contributed by atoms with Crippen LogP contribution in [-0.4, -0.2) is 18.9 Å². The summed E-state index contributed by atoms with van der Waals surface area (Å²) in [7, 11) is -4.75. The van der Waals surface area contributed by atoms with Crippen LogP contribution in [0, 0.1) is 0 Å². The molecule has 31 heavy (non-hydrogen) atoms. The van der Waals surface area contributed by atoms with E-state index in [1.165, 1.54) is 30.3 Å². The van der Waals surface area contributed by atoms with Crippen LogP contribution in [0.5, 0.6) is 0 Å². The zero-order valence-corrected chi connectivity index (χ0v) is 15.9. The van der Waals surface area contributed by atoms with Gasteiger partial charge in [0.05, 0.1) is 11.1 Å². The lowest BCUT2D eigenvalue weighted by molar-refractivity contribution is -0.143. The van der Waals surface area contributed by atoms with Crippen LogP contribution in [0.2, 0.25) is 0 Å². The highest BCUT2D eigenvalue weighted by atomic mass is 32.2. The Hall–Kier alpha value is -3.12. The van der Waals surface area contributed by atoms with Crippen molar-refractivity contribution in [3.05, 3.63) is 71.3 Å². The van der Waals surface area contributed by atoms with Gasteiger partial charge in [-0.2, -0.15) is 34.8 Å². The number of nitrogens with one attached hydrogen (secondary N) is 1. The number of alkyl halides is 6. The molecule has 0 spiro atoms. The van der Waals surface area contributed by atoms with E-state index in [1.807, 2.05) is 0 Å². The van der Waals surface area contributed by atoms with E-state index in [4.69, 9.17) is 0 Å². The van der Waals surface area contributed by atoms with E-state index in [0.717, 1.165) is 6.07 Å². The Labute approximate surface area is 171 Å². The van der Waals surface area contributed by atoms with Crippen LogP contribution in [0.4, 0.5) is 32.0 Å². The maximum atomic E-state index is 13.0. The van der Waals surface area contributed by atoms with E-state index in [0.29, 0.717) is 0 Å². The van der Waals surface area contributed by atoms with E-state index in [-0.39, 0.29) is 34.7 Å². The van der Waals surface area contributed by atoms with Crippen molar-refractivity contribution < 1.29 is 44.1 Å². The largest absolute Gasteiger partial charge is 0.416 e. The van der Waals surface area contributed by atoms with Gasteiger partial charge in [-0.25, -0.2) is 0 Å². The Kier molecular flexibility index (Phi) is 5.48. The summed E-state index contributed by atoms with van der Waals surface area (Å²) in [6, 6.07) is 8.26. The zero-order valence-electron chi connectivity index (χ0n) is 15.0. The van der Waals surface area contributed by atoms with Crippen molar-refractivity contribution in [3.63, 3.8) is 0 Å². The van der Waals surface area contributed by atoms with Gasteiger partial charge in [0, 0.05) is 16.6 Å². The molecule has 12 heteroatoms. The van der Waals surface area contributed by atoms with Gasteiger partial charge >= 0.3 is 12.4 Å². The quantitative estimate of drug-likeness (QED) is 0.404. The van der Waals surface area contributed by atoms with E-state index >= 15 is 0 Å². The van der Waals surface area contributed by atoms with Crippen LogP contribution in [0.3, 0.4) is 0 Å². The lowest BCUT2D eigenvalue weighted by atomic mass is 10.0. The molecule has 0 aliphatic carbocycles. The highest BCUT2D eigenvalue weighted by molar-refractivity contribution is 7.86. The number of benzene rings is 3. The first kappa shape index (κ1) is 22.6. The number of amides is 1. The topological polar surface area (TPSA) is 83.5 Å². The second-order valence-electron chi connectivity index (χ2n) is 6.42. The Bertz CT molecular complexity index is 1250. The first-order chi connectivity index (χ1) is 14.2. The highest BCUT2D eigenvalue weighted by Gasteiger charge is 2.37. The molecule has 0 heterocycles. The van der Waals surface area contributed by atoms with Gasteiger partial charge in [0.2, 0.25) is 0 Å². The van der Waals surface area contributed by atoms with Crippen LogP contribution < -0.4 is 5.32 Å². The van der Waals surface area contributed by atoms with Crippen molar-refractivity contribution in [1.82, 2.24) is 0 Å². The average Bonchev–Trinajstić information content (AvgIpc) is 2.65. The van der Waals surface area contributed by atoms with Crippen LogP contribution in [0.15, 0.2) is 59.5 Å². The smallest absolute Gasteiger partial charge is 0.322 e. The minimum atomic E-state index is -5.14. The highest BCUT2D eigenvalue weighted by Crippen LogP contribution is 2.36. The molecule has 164 valence electrons. The van der Waals surface area contributed by atoms with Gasteiger partial charge in [-0.3, -0.25) is 9.35 Å². The molecule has 3 aromatic rings. The lowest BCUT2D eigenvalue weighted by Gasteiger charge is -2.15. The van der Waals surface area contributed by atoms with Gasteiger partial charge in [0.15, 0.2) is 0 Å². The van der Waals surface area contributed by atoms with E-state index < -0.39 is 50.0 Å². The molecule has 0 aliphatic rings. The standard InChI is InChI=1S/C19H11F6NO4S/c20-18(21,22)12-5-11(6-13(8-12)19(23,24)25)17(27)26-14-7-10-3-1-2-4-15(10)16(9-14)31(28,29)30/h1-9H,(H,26,27)(H,28,29,30). The van der Waals surface area contributed by atoms with Crippen molar-refractivity contribution in [2.24, 2.45) is 0 Å². The van der Waals surface area contributed by atoms with Gasteiger partial charge in [-0.15, -0.1) is 0 Å². The summed E-state index contributed by atoms with van der Waals surface area (Å²) in [5.74, 6) is -1.34. The molecule has 3 aromatic carbocycles. The summed E-state index contributed by atoms with van der Waals surface area (Å²) in [4.78, 5) is 11.8. The van der Waals surface area contributed by atoms with Gasteiger partial charge in [-0.05, 0) is 35.7 Å². The van der Waals surface area contributed by atoms with Crippen LogP contribution >= 0.6 is 0 Å². The molecule has 0 unspecified atom stereocenters. The third kappa shape index (κ3) is 4.97. The third-order valence-corrected chi connectivity index (χ3v) is 5.10. The fourth-order valence-corrected chi connectivity index (χ4v) is 3.59. The number of anilines is 1. The molecule has 0 saturated heterocycles. The van der Waals surface area contributed by atoms with Crippen LogP contribution in [-0.2, 0) is 22.5 Å². The zero-order chi connectivity index (χ0) is 23.2.